The molecule has 1 aliphatic heterocycles. The third-order valence-corrected chi connectivity index (χ3v) is 5.49. The zero-order chi connectivity index (χ0) is 20.5. The fourth-order valence-electron chi connectivity index (χ4n) is 3.92. The Bertz CT molecular complexity index is 928. The van der Waals surface area contributed by atoms with E-state index in [0.29, 0.717) is 29.6 Å². The van der Waals surface area contributed by atoms with Gasteiger partial charge in [0, 0.05) is 43.2 Å². The second-order valence-electron chi connectivity index (χ2n) is 7.99. The van der Waals surface area contributed by atoms with Crippen molar-refractivity contribution in [3.05, 3.63) is 48.2 Å². The van der Waals surface area contributed by atoms with E-state index in [1.54, 1.807) is 6.20 Å². The molecule has 0 spiro atoms. The number of nitrogens with one attached hydrogen (secondary N) is 2. The van der Waals surface area contributed by atoms with Gasteiger partial charge in [0.25, 0.3) is 0 Å². The molecule has 8 nitrogen and oxygen atoms in total. The highest BCUT2D eigenvalue weighted by molar-refractivity contribution is 6.17. The van der Waals surface area contributed by atoms with E-state index in [2.05, 4.69) is 20.0 Å². The first kappa shape index (κ1) is 19.4. The second-order valence-corrected chi connectivity index (χ2v) is 7.99. The molecule has 0 saturated carbocycles. The number of aromatic nitrogens is 4. The van der Waals surface area contributed by atoms with Crippen molar-refractivity contribution in [1.82, 2.24) is 19.7 Å². The van der Waals surface area contributed by atoms with Crippen LogP contribution in [0.2, 0.25) is 0 Å². The minimum absolute atomic E-state index is 0.0824. The van der Waals surface area contributed by atoms with Gasteiger partial charge in [0.2, 0.25) is 0 Å². The fourth-order valence-corrected chi connectivity index (χ4v) is 3.92. The van der Waals surface area contributed by atoms with Gasteiger partial charge in [0.15, 0.2) is 0 Å². The van der Waals surface area contributed by atoms with E-state index in [9.17, 15) is 0 Å². The second kappa shape index (κ2) is 7.87. The zero-order valence-electron chi connectivity index (χ0n) is 17.0. The molecule has 2 atom stereocenters. The first-order valence-corrected chi connectivity index (χ1v) is 10.00. The van der Waals surface area contributed by atoms with Gasteiger partial charge in [0.05, 0.1) is 29.7 Å². The lowest BCUT2D eigenvalue weighted by molar-refractivity contribution is 0.0279. The third-order valence-electron chi connectivity index (χ3n) is 5.49. The lowest BCUT2D eigenvalue weighted by Gasteiger charge is -2.40. The maximum atomic E-state index is 8.74. The van der Waals surface area contributed by atoms with Gasteiger partial charge in [-0.25, -0.2) is 9.97 Å². The van der Waals surface area contributed by atoms with E-state index in [1.165, 1.54) is 6.33 Å². The van der Waals surface area contributed by atoms with Crippen molar-refractivity contribution in [3.63, 3.8) is 0 Å². The van der Waals surface area contributed by atoms with Crippen LogP contribution in [0.3, 0.4) is 0 Å². The number of anilines is 1. The Morgan fingerprint density at radius 1 is 1.28 bits per heavy atom. The summed E-state index contributed by atoms with van der Waals surface area (Å²) in [6, 6.07) is 4.13. The van der Waals surface area contributed by atoms with E-state index in [0.717, 1.165) is 24.5 Å². The number of hydrogen-bond donors (Lipinski definition) is 2. The molecule has 2 N–H and O–H groups in total. The average Bonchev–Trinajstić information content (AvgIpc) is 3.17. The summed E-state index contributed by atoms with van der Waals surface area (Å²) in [7, 11) is 0. The van der Waals surface area contributed by atoms with E-state index < -0.39 is 0 Å². The Kier molecular flexibility index (Phi) is 5.27. The SMILES string of the molecule is CC1=CC(OC(C)C)CC(C(=N)c2cc(N3CC(n4cccn4)C3)ncn2)C1=N. The molecule has 0 aromatic carbocycles. The molecule has 29 heavy (non-hydrogen) atoms. The summed E-state index contributed by atoms with van der Waals surface area (Å²) in [5, 5.41) is 21.5. The molecule has 2 aromatic heterocycles. The summed E-state index contributed by atoms with van der Waals surface area (Å²) < 4.78 is 7.91. The van der Waals surface area contributed by atoms with Crippen molar-refractivity contribution in [2.45, 2.75) is 45.4 Å². The van der Waals surface area contributed by atoms with Gasteiger partial charge in [-0.1, -0.05) is 6.08 Å². The molecular weight excluding hydrogens is 366 g/mol. The number of rotatable bonds is 6. The van der Waals surface area contributed by atoms with Crippen molar-refractivity contribution in [2.75, 3.05) is 18.0 Å². The summed E-state index contributed by atoms with van der Waals surface area (Å²) in [5.74, 6) is 0.493. The lowest BCUT2D eigenvalue weighted by atomic mass is 9.81. The minimum Gasteiger partial charge on any atom is -0.371 e. The quantitative estimate of drug-likeness (QED) is 0.735. The summed E-state index contributed by atoms with van der Waals surface area (Å²) in [6.07, 6.45) is 7.89. The van der Waals surface area contributed by atoms with E-state index in [4.69, 9.17) is 15.6 Å². The van der Waals surface area contributed by atoms with Gasteiger partial charge >= 0.3 is 0 Å². The summed E-state index contributed by atoms with van der Waals surface area (Å²) >= 11 is 0. The van der Waals surface area contributed by atoms with Crippen molar-refractivity contribution >= 4 is 17.2 Å². The molecule has 1 aliphatic carbocycles. The van der Waals surface area contributed by atoms with Crippen LogP contribution in [0.5, 0.6) is 0 Å². The molecule has 2 aliphatic rings. The van der Waals surface area contributed by atoms with Gasteiger partial charge in [0.1, 0.15) is 12.1 Å². The zero-order valence-corrected chi connectivity index (χ0v) is 17.0. The Labute approximate surface area is 170 Å². The van der Waals surface area contributed by atoms with Crippen molar-refractivity contribution in [1.29, 1.82) is 10.8 Å². The Hall–Kier alpha value is -2.87. The molecule has 0 radical (unpaired) electrons. The van der Waals surface area contributed by atoms with Gasteiger partial charge in [-0.3, -0.25) is 4.68 Å². The maximum Gasteiger partial charge on any atom is 0.132 e. The van der Waals surface area contributed by atoms with Gasteiger partial charge in [-0.15, -0.1) is 0 Å². The number of nitrogens with zero attached hydrogens (tertiary/aromatic N) is 5. The van der Waals surface area contributed by atoms with Crippen molar-refractivity contribution in [3.8, 4) is 0 Å². The normalized spacial score (nSPS) is 22.6. The predicted octanol–water partition coefficient (Wildman–Crippen LogP) is 2.88. The molecule has 2 unspecified atom stereocenters. The molecule has 0 amide bonds. The van der Waals surface area contributed by atoms with Crippen LogP contribution < -0.4 is 4.90 Å². The van der Waals surface area contributed by atoms with E-state index >= 15 is 0 Å². The number of ether oxygens (including phenoxy) is 1. The van der Waals surface area contributed by atoms with Crippen LogP contribution in [0.25, 0.3) is 0 Å². The van der Waals surface area contributed by atoms with Gasteiger partial charge in [-0.2, -0.15) is 5.10 Å². The summed E-state index contributed by atoms with van der Waals surface area (Å²) in [5.41, 5.74) is 2.27. The standard InChI is InChI=1S/C21H27N7O/c1-13(2)29-16-7-14(3)20(22)17(8-16)21(23)18-9-19(25-12-24-18)27-10-15(11-27)28-6-4-5-26-28/h4-7,9,12-13,15-17,22-23H,8,10-11H2,1-3H3. The van der Waals surface area contributed by atoms with Crippen molar-refractivity contribution < 1.29 is 4.74 Å². The molecule has 1 saturated heterocycles. The van der Waals surface area contributed by atoms with E-state index in [-0.39, 0.29) is 18.1 Å². The molecule has 3 heterocycles. The number of hydrogen-bond acceptors (Lipinski definition) is 7. The monoisotopic (exact) mass is 393 g/mol. The summed E-state index contributed by atoms with van der Waals surface area (Å²) in [4.78, 5) is 10.9. The first-order chi connectivity index (χ1) is 13.9. The molecule has 0 bridgehead atoms. The third kappa shape index (κ3) is 3.98. The highest BCUT2D eigenvalue weighted by Gasteiger charge is 2.33. The topological polar surface area (TPSA) is 104 Å². The summed E-state index contributed by atoms with van der Waals surface area (Å²) in [6.45, 7) is 7.58. The highest BCUT2D eigenvalue weighted by Crippen LogP contribution is 2.29. The molecular formula is C21H27N7O. The Balaban J connectivity index is 1.47. The maximum absolute atomic E-state index is 8.74. The van der Waals surface area contributed by atoms with Crippen LogP contribution in [0.15, 0.2) is 42.5 Å². The molecule has 4 rings (SSSR count). The predicted molar refractivity (Wildman–Crippen MR) is 112 cm³/mol. The largest absolute Gasteiger partial charge is 0.371 e. The number of allylic oxidation sites excluding steroid dienone is 1. The van der Waals surface area contributed by atoms with Crippen LogP contribution in [0, 0.1) is 16.7 Å². The highest BCUT2D eigenvalue weighted by atomic mass is 16.5. The fraction of sp³-hybridized carbons (Fsp3) is 0.476. The van der Waals surface area contributed by atoms with Crippen LogP contribution in [0.1, 0.15) is 38.9 Å². The Morgan fingerprint density at radius 3 is 2.76 bits per heavy atom. The smallest absolute Gasteiger partial charge is 0.132 e. The molecule has 1 fully saturated rings. The van der Waals surface area contributed by atoms with Gasteiger partial charge in [-0.05, 0) is 38.8 Å². The van der Waals surface area contributed by atoms with Crippen LogP contribution in [-0.4, -0.2) is 56.5 Å². The first-order valence-electron chi connectivity index (χ1n) is 10.00. The van der Waals surface area contributed by atoms with Gasteiger partial charge < -0.3 is 20.5 Å². The average molecular weight is 393 g/mol. The lowest BCUT2D eigenvalue weighted by Crippen LogP contribution is -2.48. The Morgan fingerprint density at radius 2 is 2.07 bits per heavy atom. The molecule has 8 heteroatoms. The van der Waals surface area contributed by atoms with Crippen LogP contribution in [-0.2, 0) is 4.74 Å². The van der Waals surface area contributed by atoms with E-state index in [1.807, 2.05) is 49.9 Å². The van der Waals surface area contributed by atoms with Crippen molar-refractivity contribution in [2.24, 2.45) is 5.92 Å². The molecule has 152 valence electrons. The van der Waals surface area contributed by atoms with Crippen LogP contribution in [0.4, 0.5) is 5.82 Å². The molecule has 2 aromatic rings. The van der Waals surface area contributed by atoms with Crippen LogP contribution >= 0.6 is 0 Å². The minimum atomic E-state index is -0.320.